The van der Waals surface area contributed by atoms with Crippen molar-refractivity contribution in [1.29, 1.82) is 0 Å². The minimum atomic E-state index is -1.26. The van der Waals surface area contributed by atoms with Gasteiger partial charge in [-0.3, -0.25) is 0 Å². The fourth-order valence-corrected chi connectivity index (χ4v) is 3.51. The first-order valence-corrected chi connectivity index (χ1v) is 11.3. The number of aromatic carboxylic acids is 1. The molecule has 0 amide bonds. The second kappa shape index (κ2) is 13.9. The molecule has 0 aliphatic carbocycles. The van der Waals surface area contributed by atoms with E-state index in [4.69, 9.17) is 33.7 Å². The average molecular weight is 547 g/mol. The van der Waals surface area contributed by atoms with E-state index in [1.54, 1.807) is 54.6 Å². The van der Waals surface area contributed by atoms with E-state index in [1.807, 2.05) is 13.0 Å². The normalized spacial score (nSPS) is 9.81. The first kappa shape index (κ1) is 30.0. The molecule has 0 spiro atoms. The summed E-state index contributed by atoms with van der Waals surface area (Å²) in [7, 11) is 0. The zero-order valence-electron chi connectivity index (χ0n) is 20.0. The molecule has 0 bridgehead atoms. The summed E-state index contributed by atoms with van der Waals surface area (Å²) < 4.78 is 5.08. The van der Waals surface area contributed by atoms with Gasteiger partial charge >= 0.3 is 35.5 Å². The van der Waals surface area contributed by atoms with Crippen LogP contribution in [0.4, 0.5) is 17.1 Å². The maximum absolute atomic E-state index is 11.7. The number of hydrogen-bond donors (Lipinski definition) is 3. The number of aryl methyl sites for hydroxylation is 1. The number of phenolic OH excluding ortho intramolecular Hbond substituents is 1. The van der Waals surface area contributed by atoms with Crippen LogP contribution in [0.5, 0.6) is 11.5 Å². The van der Waals surface area contributed by atoms with Crippen molar-refractivity contribution in [2.75, 3.05) is 11.1 Å². The van der Waals surface area contributed by atoms with Crippen LogP contribution in [0.2, 0.25) is 10.0 Å². The van der Waals surface area contributed by atoms with Gasteiger partial charge in [0, 0.05) is 23.0 Å². The van der Waals surface area contributed by atoms with E-state index in [9.17, 15) is 19.8 Å². The molecule has 184 valence electrons. The average Bonchev–Trinajstić information content (AvgIpc) is 2.85. The number of rotatable bonds is 5. The molecule has 0 unspecified atom stereocenters. The Bertz CT molecular complexity index is 1400. The molecule has 0 saturated carbocycles. The fourth-order valence-electron chi connectivity index (χ4n) is 3.05. The zero-order valence-corrected chi connectivity index (χ0v) is 23.5. The molecule has 0 fully saturated rings. The van der Waals surface area contributed by atoms with Crippen molar-refractivity contribution in [3.63, 3.8) is 0 Å². The summed E-state index contributed by atoms with van der Waals surface area (Å²) in [4.78, 5) is 22.8. The molecule has 4 aromatic carbocycles. The number of nitrogens with two attached hydrogens (primary N) is 1. The summed E-state index contributed by atoms with van der Waals surface area (Å²) in [6.45, 7) is 1.84. The maximum Gasteiger partial charge on any atom is 1.00 e. The summed E-state index contributed by atoms with van der Waals surface area (Å²) in [6.07, 6.45) is 0. The summed E-state index contributed by atoms with van der Waals surface area (Å²) in [5.74, 6) is -1.64. The third kappa shape index (κ3) is 8.15. The van der Waals surface area contributed by atoms with Gasteiger partial charge in [0.1, 0.15) is 17.1 Å². The molecular formula is C27H21Cl2N2NaO5. The number of hydrogen-bond acceptors (Lipinski definition) is 7. The van der Waals surface area contributed by atoms with Crippen molar-refractivity contribution in [3.05, 3.63) is 112 Å². The van der Waals surface area contributed by atoms with Crippen LogP contribution in [-0.4, -0.2) is 17.0 Å². The number of carbonyl (C=O) groups excluding carboxylic acids is 2. The Morgan fingerprint density at radius 2 is 1.57 bits per heavy atom. The molecule has 4 N–H and O–H groups in total. The van der Waals surface area contributed by atoms with Gasteiger partial charge in [0.2, 0.25) is 0 Å². The Labute approximate surface area is 246 Å². The number of anilines is 3. The van der Waals surface area contributed by atoms with E-state index in [0.717, 1.165) is 5.56 Å². The van der Waals surface area contributed by atoms with E-state index < -0.39 is 11.9 Å². The van der Waals surface area contributed by atoms with Crippen molar-refractivity contribution >= 4 is 52.2 Å². The number of benzene rings is 4. The van der Waals surface area contributed by atoms with Crippen LogP contribution in [0.3, 0.4) is 0 Å². The van der Waals surface area contributed by atoms with Gasteiger partial charge in [0.15, 0.2) is 0 Å². The van der Waals surface area contributed by atoms with Gasteiger partial charge in [-0.25, -0.2) is 4.79 Å². The van der Waals surface area contributed by atoms with Gasteiger partial charge in [0.25, 0.3) is 0 Å². The predicted molar refractivity (Wildman–Crippen MR) is 139 cm³/mol. The molecule has 0 radical (unpaired) electrons. The Hall–Kier alpha value is -3.20. The van der Waals surface area contributed by atoms with Crippen LogP contribution < -0.4 is 50.5 Å². The van der Waals surface area contributed by atoms with Gasteiger partial charge in [-0.1, -0.05) is 65.7 Å². The summed E-state index contributed by atoms with van der Waals surface area (Å²) >= 11 is 12.2. The quantitative estimate of drug-likeness (QED) is 0.152. The van der Waals surface area contributed by atoms with Gasteiger partial charge in [-0.2, -0.15) is 0 Å². The van der Waals surface area contributed by atoms with E-state index in [-0.39, 0.29) is 46.4 Å². The molecule has 0 aliphatic rings. The molecule has 37 heavy (non-hydrogen) atoms. The van der Waals surface area contributed by atoms with Crippen LogP contribution in [0.15, 0.2) is 84.9 Å². The van der Waals surface area contributed by atoms with Crippen LogP contribution in [0.1, 0.15) is 26.3 Å². The summed E-state index contributed by atoms with van der Waals surface area (Å²) in [6, 6.07) is 22.8. The van der Waals surface area contributed by atoms with Gasteiger partial charge in [-0.05, 0) is 48.9 Å². The SMILES string of the molecule is Cc1ccc(Cl)c(Nc2ccccc2C(=O)[O-])c1Cl.Nc1ccc(C(=O)Oc2ccccc2)c(O)c1.[Na+]. The topological polar surface area (TPSA) is 125 Å². The fraction of sp³-hybridized carbons (Fsp3) is 0.0370. The second-order valence-corrected chi connectivity index (χ2v) is 8.28. The number of halogens is 2. The molecule has 4 aromatic rings. The molecule has 7 nitrogen and oxygen atoms in total. The number of nitrogens with one attached hydrogen (secondary N) is 1. The maximum atomic E-state index is 11.7. The van der Waals surface area contributed by atoms with Crippen molar-refractivity contribution in [2.45, 2.75) is 6.92 Å². The number of phenols is 1. The van der Waals surface area contributed by atoms with Crippen LogP contribution in [-0.2, 0) is 0 Å². The number of aromatic hydroxyl groups is 1. The number of ether oxygens (including phenoxy) is 1. The Morgan fingerprint density at radius 1 is 0.919 bits per heavy atom. The number of carbonyl (C=O) groups is 2. The molecule has 0 saturated heterocycles. The number of carboxylic acids is 1. The predicted octanol–water partition coefficient (Wildman–Crippen LogP) is 2.61. The van der Waals surface area contributed by atoms with Crippen molar-refractivity contribution in [3.8, 4) is 11.5 Å². The molecule has 4 rings (SSSR count). The van der Waals surface area contributed by atoms with Crippen molar-refractivity contribution in [2.24, 2.45) is 0 Å². The van der Waals surface area contributed by atoms with Crippen LogP contribution in [0, 0.1) is 6.92 Å². The number of carboxylic acid groups (broad SMARTS) is 1. The van der Waals surface area contributed by atoms with E-state index in [0.29, 0.717) is 32.9 Å². The van der Waals surface area contributed by atoms with Crippen molar-refractivity contribution < 1.29 is 54.1 Å². The summed E-state index contributed by atoms with van der Waals surface area (Å²) in [5, 5.41) is 24.4. The number of esters is 1. The molecular weight excluding hydrogens is 526 g/mol. The zero-order chi connectivity index (χ0) is 26.2. The van der Waals surface area contributed by atoms with Gasteiger partial charge in [0.05, 0.1) is 21.7 Å². The number of nitrogen functional groups attached to an aromatic ring is 1. The standard InChI is InChI=1S/C14H11Cl2NO2.C13H11NO3.Na/c1-8-6-7-10(15)13(12(8)16)17-11-5-3-2-4-9(11)14(18)19;14-9-6-7-11(12(15)8-9)13(16)17-10-4-2-1-3-5-10;/h2-7,17H,1H3,(H,18,19);1-8,15H,14H2;/q;;+1/p-1. The van der Waals surface area contributed by atoms with E-state index in [2.05, 4.69) is 5.32 Å². The first-order chi connectivity index (χ1) is 17.2. The first-order valence-electron chi connectivity index (χ1n) is 10.5. The summed E-state index contributed by atoms with van der Waals surface area (Å²) in [5.41, 5.74) is 7.71. The van der Waals surface area contributed by atoms with Crippen LogP contribution in [0.25, 0.3) is 0 Å². The molecule has 0 heterocycles. The largest absolute Gasteiger partial charge is 1.00 e. The van der Waals surface area contributed by atoms with Crippen LogP contribution >= 0.6 is 23.2 Å². The molecule has 0 aromatic heterocycles. The monoisotopic (exact) mass is 546 g/mol. The van der Waals surface area contributed by atoms with E-state index >= 15 is 0 Å². The number of para-hydroxylation sites is 2. The molecule has 10 heteroatoms. The van der Waals surface area contributed by atoms with Gasteiger partial charge in [-0.15, -0.1) is 0 Å². The third-order valence-corrected chi connectivity index (χ3v) is 5.69. The Balaban J connectivity index is 0.000000255. The van der Waals surface area contributed by atoms with Gasteiger partial charge < -0.3 is 30.8 Å². The molecule has 0 atom stereocenters. The smallest absolute Gasteiger partial charge is 0.545 e. The minimum Gasteiger partial charge on any atom is -0.545 e. The Kier molecular flexibility index (Phi) is 11.3. The van der Waals surface area contributed by atoms with E-state index in [1.165, 1.54) is 24.3 Å². The third-order valence-electron chi connectivity index (χ3n) is 4.89. The minimum absolute atomic E-state index is 0. The molecule has 0 aliphatic heterocycles. The Morgan fingerprint density at radius 3 is 2.22 bits per heavy atom. The van der Waals surface area contributed by atoms with Crippen molar-refractivity contribution in [1.82, 2.24) is 0 Å². The second-order valence-electron chi connectivity index (χ2n) is 7.49.